The number of hydrogen-bond donors (Lipinski definition) is 1. The molecule has 1 unspecified atom stereocenters. The lowest BCUT2D eigenvalue weighted by Gasteiger charge is -2.07. The fourth-order valence-electron chi connectivity index (χ4n) is 1.91. The number of rotatable bonds is 6. The first-order valence-corrected chi connectivity index (χ1v) is 7.65. The molecule has 1 amide bonds. The van der Waals surface area contributed by atoms with Gasteiger partial charge >= 0.3 is 0 Å². The minimum absolute atomic E-state index is 0.136. The predicted molar refractivity (Wildman–Crippen MR) is 80.7 cm³/mol. The van der Waals surface area contributed by atoms with Crippen LogP contribution in [-0.2, 0) is 0 Å². The summed E-state index contributed by atoms with van der Waals surface area (Å²) in [6.45, 7) is 2.88. The van der Waals surface area contributed by atoms with Crippen LogP contribution in [-0.4, -0.2) is 17.8 Å². The van der Waals surface area contributed by atoms with Crippen LogP contribution in [0.3, 0.4) is 0 Å². The molecule has 1 heterocycles. The zero-order chi connectivity index (χ0) is 13.7. The van der Waals surface area contributed by atoms with Gasteiger partial charge in [0.25, 0.3) is 5.91 Å². The molecule has 0 saturated carbocycles. The molecule has 0 fully saturated rings. The molecular weight excluding hydrogens is 306 g/mol. The summed E-state index contributed by atoms with van der Waals surface area (Å²) in [4.78, 5) is 11.9. The summed E-state index contributed by atoms with van der Waals surface area (Å²) in [5.74, 6) is 0.889. The van der Waals surface area contributed by atoms with Crippen LogP contribution in [0.15, 0.2) is 34.7 Å². The van der Waals surface area contributed by atoms with Gasteiger partial charge < -0.3 is 9.73 Å². The Kier molecular flexibility index (Phi) is 5.02. The van der Waals surface area contributed by atoms with Crippen molar-refractivity contribution in [3.8, 4) is 0 Å². The van der Waals surface area contributed by atoms with Gasteiger partial charge in [-0.05, 0) is 30.9 Å². The second kappa shape index (κ2) is 6.75. The van der Waals surface area contributed by atoms with Crippen molar-refractivity contribution in [2.75, 3.05) is 11.9 Å². The monoisotopic (exact) mass is 323 g/mol. The highest BCUT2D eigenvalue weighted by molar-refractivity contribution is 9.09. The number of furan rings is 1. The molecule has 0 spiro atoms. The van der Waals surface area contributed by atoms with E-state index >= 15 is 0 Å². The number of para-hydroxylation sites is 1. The Balaban J connectivity index is 1.86. The first kappa shape index (κ1) is 14.1. The molecule has 102 valence electrons. The number of halogens is 1. The molecule has 1 atom stereocenters. The van der Waals surface area contributed by atoms with Crippen LogP contribution in [0.1, 0.15) is 30.3 Å². The predicted octanol–water partition coefficient (Wildman–Crippen LogP) is 3.97. The average Bonchev–Trinajstić information content (AvgIpc) is 2.87. The fraction of sp³-hybridized carbons (Fsp3) is 0.400. The lowest BCUT2D eigenvalue weighted by Crippen LogP contribution is -2.24. The standard InChI is InChI=1S/C15H18BrNO2/c1-11(10-16)5-4-8-17-15(18)14-9-12-6-2-3-7-13(12)19-14/h2-3,6-7,9,11H,4-5,8,10H2,1H3,(H,17,18). The summed E-state index contributed by atoms with van der Waals surface area (Å²) in [6, 6.07) is 9.42. The van der Waals surface area contributed by atoms with Crippen LogP contribution in [0, 0.1) is 5.92 Å². The quantitative estimate of drug-likeness (QED) is 0.645. The van der Waals surface area contributed by atoms with E-state index in [-0.39, 0.29) is 5.91 Å². The molecule has 1 aromatic heterocycles. The molecule has 19 heavy (non-hydrogen) atoms. The van der Waals surface area contributed by atoms with Gasteiger partial charge in [-0.3, -0.25) is 4.79 Å². The molecule has 0 aliphatic heterocycles. The van der Waals surface area contributed by atoms with E-state index in [9.17, 15) is 4.79 Å². The summed E-state index contributed by atoms with van der Waals surface area (Å²) in [7, 11) is 0. The number of benzene rings is 1. The highest BCUT2D eigenvalue weighted by atomic mass is 79.9. The maximum absolute atomic E-state index is 11.9. The maximum Gasteiger partial charge on any atom is 0.287 e. The van der Waals surface area contributed by atoms with Crippen LogP contribution < -0.4 is 5.32 Å². The van der Waals surface area contributed by atoms with Crippen LogP contribution in [0.2, 0.25) is 0 Å². The summed E-state index contributed by atoms with van der Waals surface area (Å²) in [5, 5.41) is 4.85. The molecule has 0 bridgehead atoms. The molecule has 0 aliphatic rings. The Bertz CT molecular complexity index is 517. The minimum atomic E-state index is -0.136. The second-order valence-corrected chi connectivity index (χ2v) is 5.45. The van der Waals surface area contributed by atoms with Crippen molar-refractivity contribution in [1.82, 2.24) is 5.32 Å². The third kappa shape index (κ3) is 3.83. The first-order valence-electron chi connectivity index (χ1n) is 6.53. The van der Waals surface area contributed by atoms with Crippen LogP contribution >= 0.6 is 15.9 Å². The fourth-order valence-corrected chi connectivity index (χ4v) is 2.23. The average molecular weight is 324 g/mol. The smallest absolute Gasteiger partial charge is 0.287 e. The molecule has 2 aromatic rings. The Morgan fingerprint density at radius 1 is 1.42 bits per heavy atom. The highest BCUT2D eigenvalue weighted by Gasteiger charge is 2.11. The van der Waals surface area contributed by atoms with Gasteiger partial charge in [0.05, 0.1) is 0 Å². The Hall–Kier alpha value is -1.29. The summed E-state index contributed by atoms with van der Waals surface area (Å²) in [6.07, 6.45) is 2.09. The van der Waals surface area contributed by atoms with E-state index in [1.165, 1.54) is 0 Å². The van der Waals surface area contributed by atoms with E-state index < -0.39 is 0 Å². The van der Waals surface area contributed by atoms with E-state index in [1.54, 1.807) is 6.07 Å². The molecule has 0 aliphatic carbocycles. The lowest BCUT2D eigenvalue weighted by atomic mass is 10.1. The lowest BCUT2D eigenvalue weighted by molar-refractivity contribution is 0.0927. The first-order chi connectivity index (χ1) is 9.20. The van der Waals surface area contributed by atoms with Gasteiger partial charge in [-0.15, -0.1) is 0 Å². The molecule has 0 radical (unpaired) electrons. The van der Waals surface area contributed by atoms with Gasteiger partial charge in [0.15, 0.2) is 5.76 Å². The molecule has 0 saturated heterocycles. The maximum atomic E-state index is 11.9. The number of hydrogen-bond acceptors (Lipinski definition) is 2. The number of nitrogens with one attached hydrogen (secondary N) is 1. The van der Waals surface area contributed by atoms with Crippen molar-refractivity contribution in [3.05, 3.63) is 36.1 Å². The Labute approximate surface area is 121 Å². The van der Waals surface area contributed by atoms with E-state index in [0.29, 0.717) is 18.2 Å². The highest BCUT2D eigenvalue weighted by Crippen LogP contribution is 2.18. The van der Waals surface area contributed by atoms with Gasteiger partial charge in [0.1, 0.15) is 5.58 Å². The molecule has 1 aromatic carbocycles. The van der Waals surface area contributed by atoms with E-state index in [0.717, 1.165) is 29.1 Å². The summed E-state index contributed by atoms with van der Waals surface area (Å²) in [5.41, 5.74) is 0.751. The zero-order valence-corrected chi connectivity index (χ0v) is 12.6. The van der Waals surface area contributed by atoms with E-state index in [4.69, 9.17) is 4.42 Å². The number of amides is 1. The number of carbonyl (C=O) groups excluding carboxylic acids is 1. The van der Waals surface area contributed by atoms with Crippen molar-refractivity contribution < 1.29 is 9.21 Å². The number of fused-ring (bicyclic) bond motifs is 1. The Morgan fingerprint density at radius 3 is 2.95 bits per heavy atom. The van der Waals surface area contributed by atoms with E-state index in [2.05, 4.69) is 28.2 Å². The van der Waals surface area contributed by atoms with Crippen LogP contribution in [0.5, 0.6) is 0 Å². The number of alkyl halides is 1. The van der Waals surface area contributed by atoms with Gasteiger partial charge in [-0.25, -0.2) is 0 Å². The van der Waals surface area contributed by atoms with Crippen molar-refractivity contribution in [2.45, 2.75) is 19.8 Å². The van der Waals surface area contributed by atoms with E-state index in [1.807, 2.05) is 24.3 Å². The zero-order valence-electron chi connectivity index (χ0n) is 11.0. The summed E-state index contributed by atoms with van der Waals surface area (Å²) >= 11 is 3.45. The third-order valence-electron chi connectivity index (χ3n) is 3.07. The van der Waals surface area contributed by atoms with Crippen molar-refractivity contribution in [3.63, 3.8) is 0 Å². The van der Waals surface area contributed by atoms with Gasteiger partial charge in [0, 0.05) is 17.3 Å². The van der Waals surface area contributed by atoms with Gasteiger partial charge in [0.2, 0.25) is 0 Å². The second-order valence-electron chi connectivity index (χ2n) is 4.81. The van der Waals surface area contributed by atoms with Crippen molar-refractivity contribution >= 4 is 32.8 Å². The van der Waals surface area contributed by atoms with Gasteiger partial charge in [-0.2, -0.15) is 0 Å². The van der Waals surface area contributed by atoms with Crippen molar-refractivity contribution in [1.29, 1.82) is 0 Å². The largest absolute Gasteiger partial charge is 0.451 e. The molecule has 3 nitrogen and oxygen atoms in total. The van der Waals surface area contributed by atoms with Crippen LogP contribution in [0.25, 0.3) is 11.0 Å². The Morgan fingerprint density at radius 2 is 2.21 bits per heavy atom. The SMILES string of the molecule is CC(CBr)CCCNC(=O)c1cc2ccccc2o1. The minimum Gasteiger partial charge on any atom is -0.451 e. The number of carbonyl (C=O) groups is 1. The van der Waals surface area contributed by atoms with Crippen LogP contribution in [0.4, 0.5) is 0 Å². The van der Waals surface area contributed by atoms with Gasteiger partial charge in [-0.1, -0.05) is 41.1 Å². The topological polar surface area (TPSA) is 42.2 Å². The molecule has 4 heteroatoms. The third-order valence-corrected chi connectivity index (χ3v) is 4.18. The molecule has 1 N–H and O–H groups in total. The van der Waals surface area contributed by atoms with Crippen molar-refractivity contribution in [2.24, 2.45) is 5.92 Å². The summed E-state index contributed by atoms with van der Waals surface area (Å²) < 4.78 is 5.51. The normalized spacial score (nSPS) is 12.5. The molecule has 2 rings (SSSR count). The molecular formula is C15H18BrNO2.